The standard InChI is InChI=1S/C6H11IO4/c1-5(6(8)9)4-7(2)11-10-3/h1,4H2,2-3H3,(H,8,9). The van der Waals surface area contributed by atoms with E-state index in [9.17, 15) is 4.79 Å². The Labute approximate surface area is 73.0 Å². The number of rotatable bonds is 5. The van der Waals surface area contributed by atoms with Crippen molar-refractivity contribution in [1.29, 1.82) is 0 Å². The van der Waals surface area contributed by atoms with E-state index in [0.717, 1.165) is 0 Å². The average Bonchev–Trinajstić information content (AvgIpc) is 1.87. The molecule has 66 valence electrons. The summed E-state index contributed by atoms with van der Waals surface area (Å²) in [6.07, 6.45) is 0. The zero-order chi connectivity index (χ0) is 8.85. The molecule has 0 aromatic rings. The van der Waals surface area contributed by atoms with E-state index in [1.165, 1.54) is 7.11 Å². The third-order valence-corrected chi connectivity index (χ3v) is 3.79. The monoisotopic (exact) mass is 274 g/mol. The molecule has 0 unspecified atom stereocenters. The number of carbonyl (C=O) groups is 1. The molecule has 0 aliphatic carbocycles. The number of carboxylic acid groups (broad SMARTS) is 1. The molecule has 0 aliphatic heterocycles. The molecule has 0 saturated heterocycles. The van der Waals surface area contributed by atoms with Crippen molar-refractivity contribution in [2.24, 2.45) is 0 Å². The topological polar surface area (TPSA) is 55.8 Å². The van der Waals surface area contributed by atoms with E-state index >= 15 is 0 Å². The van der Waals surface area contributed by atoms with Crippen molar-refractivity contribution >= 4 is 26.2 Å². The fraction of sp³-hybridized carbons (Fsp3) is 0.500. The number of hydrogen-bond acceptors (Lipinski definition) is 3. The summed E-state index contributed by atoms with van der Waals surface area (Å²) in [5.41, 5.74) is 0.190. The molecule has 0 fully saturated rings. The third-order valence-electron chi connectivity index (χ3n) is 0.822. The van der Waals surface area contributed by atoms with E-state index < -0.39 is 26.2 Å². The van der Waals surface area contributed by atoms with Crippen molar-refractivity contribution in [2.75, 3.05) is 16.5 Å². The van der Waals surface area contributed by atoms with Crippen LogP contribution in [-0.2, 0) is 12.9 Å². The molecule has 0 spiro atoms. The molecule has 11 heavy (non-hydrogen) atoms. The maximum absolute atomic E-state index is 10.3. The SMILES string of the molecule is C=C(CI(C)OOC)C(=O)O. The van der Waals surface area contributed by atoms with Crippen LogP contribution in [0.25, 0.3) is 0 Å². The van der Waals surface area contributed by atoms with Crippen LogP contribution in [0.15, 0.2) is 12.2 Å². The summed E-state index contributed by atoms with van der Waals surface area (Å²) < 4.78 is 5.22. The van der Waals surface area contributed by atoms with Gasteiger partial charge in [-0.05, 0) is 0 Å². The van der Waals surface area contributed by atoms with Crippen LogP contribution >= 0.6 is 20.2 Å². The number of alkyl halides is 2. The first-order valence-corrected chi connectivity index (χ1v) is 7.32. The van der Waals surface area contributed by atoms with E-state index in [0.29, 0.717) is 4.43 Å². The molecule has 5 heteroatoms. The van der Waals surface area contributed by atoms with Gasteiger partial charge in [-0.15, -0.1) is 0 Å². The van der Waals surface area contributed by atoms with Crippen LogP contribution < -0.4 is 0 Å². The molecule has 0 aliphatic rings. The van der Waals surface area contributed by atoms with E-state index in [1.54, 1.807) is 0 Å². The van der Waals surface area contributed by atoms with Crippen LogP contribution in [0.5, 0.6) is 0 Å². The van der Waals surface area contributed by atoms with Crippen molar-refractivity contribution in [3.8, 4) is 0 Å². The Hall–Kier alpha value is -0.140. The molecular weight excluding hydrogens is 263 g/mol. The molecular formula is C6H11IO4. The predicted octanol–water partition coefficient (Wildman–Crippen LogP) is 1.26. The second-order valence-electron chi connectivity index (χ2n) is 1.80. The van der Waals surface area contributed by atoms with Gasteiger partial charge in [-0.3, -0.25) is 0 Å². The molecule has 0 saturated carbocycles. The Morgan fingerprint density at radius 3 is 2.64 bits per heavy atom. The fourth-order valence-corrected chi connectivity index (χ4v) is 2.78. The number of halogens is 1. The van der Waals surface area contributed by atoms with Gasteiger partial charge in [0.1, 0.15) is 0 Å². The van der Waals surface area contributed by atoms with Crippen LogP contribution in [0.4, 0.5) is 0 Å². The Kier molecular flexibility index (Phi) is 5.43. The Bertz CT molecular complexity index is 157. The minimum absolute atomic E-state index is 0.190. The fourth-order valence-electron chi connectivity index (χ4n) is 0.414. The van der Waals surface area contributed by atoms with Crippen LogP contribution in [0.2, 0.25) is 0 Å². The van der Waals surface area contributed by atoms with Gasteiger partial charge in [0.25, 0.3) is 0 Å². The zero-order valence-corrected chi connectivity index (χ0v) is 8.62. The second-order valence-corrected chi connectivity index (χ2v) is 5.95. The van der Waals surface area contributed by atoms with Gasteiger partial charge in [0, 0.05) is 0 Å². The van der Waals surface area contributed by atoms with Crippen molar-refractivity contribution in [1.82, 2.24) is 0 Å². The Balaban J connectivity index is 3.66. The molecule has 0 heterocycles. The van der Waals surface area contributed by atoms with E-state index in [1.807, 2.05) is 4.93 Å². The summed E-state index contributed by atoms with van der Waals surface area (Å²) in [7, 11) is 1.41. The van der Waals surface area contributed by atoms with Crippen LogP contribution in [0, 0.1) is 0 Å². The van der Waals surface area contributed by atoms with Gasteiger partial charge >= 0.3 is 72.8 Å². The summed E-state index contributed by atoms with van der Waals surface area (Å²) in [5.74, 6) is -0.964. The molecule has 0 bridgehead atoms. The second kappa shape index (κ2) is 5.50. The van der Waals surface area contributed by atoms with Crippen LogP contribution in [-0.4, -0.2) is 27.5 Å². The summed E-state index contributed by atoms with van der Waals surface area (Å²) in [4.78, 5) is 16.6. The van der Waals surface area contributed by atoms with Gasteiger partial charge in [-0.2, -0.15) is 0 Å². The molecule has 0 aromatic carbocycles. The van der Waals surface area contributed by atoms with Crippen molar-refractivity contribution < 1.29 is 18.0 Å². The van der Waals surface area contributed by atoms with Crippen molar-refractivity contribution in [2.45, 2.75) is 0 Å². The van der Waals surface area contributed by atoms with E-state index in [-0.39, 0.29) is 5.57 Å². The molecule has 0 amide bonds. The number of aliphatic carboxylic acids is 1. The third kappa shape index (κ3) is 5.16. The Morgan fingerprint density at radius 2 is 2.27 bits per heavy atom. The van der Waals surface area contributed by atoms with E-state index in [2.05, 4.69) is 11.5 Å². The summed E-state index contributed by atoms with van der Waals surface area (Å²) in [5, 5.41) is 8.43. The first kappa shape index (κ1) is 10.9. The first-order chi connectivity index (χ1) is 5.07. The van der Waals surface area contributed by atoms with E-state index in [4.69, 9.17) is 8.32 Å². The van der Waals surface area contributed by atoms with Gasteiger partial charge in [0.05, 0.1) is 0 Å². The normalized spacial score (nSPS) is 10.9. The molecule has 0 atom stereocenters. The van der Waals surface area contributed by atoms with Gasteiger partial charge in [-0.1, -0.05) is 0 Å². The summed E-state index contributed by atoms with van der Waals surface area (Å²) in [6.45, 7) is 3.38. The summed E-state index contributed by atoms with van der Waals surface area (Å²) >= 11 is -1.68. The number of hydrogen-bond donors (Lipinski definition) is 1. The number of carboxylic acids is 1. The Morgan fingerprint density at radius 1 is 1.73 bits per heavy atom. The van der Waals surface area contributed by atoms with Gasteiger partial charge in [0.15, 0.2) is 0 Å². The molecule has 4 nitrogen and oxygen atoms in total. The average molecular weight is 274 g/mol. The van der Waals surface area contributed by atoms with Crippen LogP contribution in [0.3, 0.4) is 0 Å². The quantitative estimate of drug-likeness (QED) is 0.269. The summed E-state index contributed by atoms with van der Waals surface area (Å²) in [6, 6.07) is 0. The van der Waals surface area contributed by atoms with Gasteiger partial charge in [0.2, 0.25) is 0 Å². The van der Waals surface area contributed by atoms with Crippen LogP contribution in [0.1, 0.15) is 0 Å². The maximum atomic E-state index is 10.3. The first-order valence-electron chi connectivity index (χ1n) is 2.76. The van der Waals surface area contributed by atoms with Crippen molar-refractivity contribution in [3.63, 3.8) is 0 Å². The molecule has 0 radical (unpaired) electrons. The molecule has 0 aromatic heterocycles. The predicted molar refractivity (Wildman–Crippen MR) is 49.7 cm³/mol. The van der Waals surface area contributed by atoms with Crippen molar-refractivity contribution in [3.05, 3.63) is 12.2 Å². The van der Waals surface area contributed by atoms with Gasteiger partial charge < -0.3 is 0 Å². The molecule has 0 rings (SSSR count). The minimum atomic E-state index is -1.68. The molecule has 1 N–H and O–H groups in total. The zero-order valence-electron chi connectivity index (χ0n) is 6.46. The van der Waals surface area contributed by atoms with Gasteiger partial charge in [-0.25, -0.2) is 0 Å².